The lowest BCUT2D eigenvalue weighted by Gasteiger charge is -2.14. The van der Waals surface area contributed by atoms with E-state index in [9.17, 15) is 9.59 Å². The summed E-state index contributed by atoms with van der Waals surface area (Å²) < 4.78 is 6.05. The maximum atomic E-state index is 12.1. The Morgan fingerprint density at radius 1 is 1.10 bits per heavy atom. The van der Waals surface area contributed by atoms with Crippen molar-refractivity contribution in [3.63, 3.8) is 0 Å². The molecular weight excluding hydrogens is 474 g/mol. The van der Waals surface area contributed by atoms with Crippen LogP contribution in [0.25, 0.3) is 10.8 Å². The zero-order chi connectivity index (χ0) is 20.8. The van der Waals surface area contributed by atoms with Crippen LogP contribution in [0.1, 0.15) is 18.5 Å². The molecule has 0 aliphatic rings. The molecule has 0 saturated heterocycles. The summed E-state index contributed by atoms with van der Waals surface area (Å²) in [7, 11) is 0. The number of esters is 1. The number of hydrogen-bond donors (Lipinski definition) is 1. The monoisotopic (exact) mass is 491 g/mol. The molecule has 0 aromatic heterocycles. The summed E-state index contributed by atoms with van der Waals surface area (Å²) in [4.78, 5) is 25.0. The number of carbonyl (C=O) groups excluding carboxylic acids is 2. The van der Waals surface area contributed by atoms with E-state index in [4.69, 9.17) is 16.3 Å². The standard InChI is InChI=1S/C22H19BrClNO3S/c1-14(15-6-3-2-4-7-15)25-20(26)12-28-21(27)13-29-19-11-10-17(23)16-8-5-9-18(24)22(16)19/h2-11,14H,12-13H2,1H3,(H,25,26). The summed E-state index contributed by atoms with van der Waals surface area (Å²) in [5.41, 5.74) is 0.988. The van der Waals surface area contributed by atoms with Gasteiger partial charge in [0, 0.05) is 19.8 Å². The third kappa shape index (κ3) is 5.75. The van der Waals surface area contributed by atoms with E-state index in [0.717, 1.165) is 25.7 Å². The van der Waals surface area contributed by atoms with E-state index in [2.05, 4.69) is 21.2 Å². The van der Waals surface area contributed by atoms with Crippen molar-refractivity contribution in [3.05, 3.63) is 75.7 Å². The number of rotatable bonds is 7. The lowest BCUT2D eigenvalue weighted by atomic mass is 10.1. The Balaban J connectivity index is 1.52. The number of nitrogens with one attached hydrogen (secondary N) is 1. The summed E-state index contributed by atoms with van der Waals surface area (Å²) in [5.74, 6) is -0.707. The summed E-state index contributed by atoms with van der Waals surface area (Å²) in [6.07, 6.45) is 0. The molecule has 0 bridgehead atoms. The van der Waals surface area contributed by atoms with Crippen molar-refractivity contribution in [3.8, 4) is 0 Å². The van der Waals surface area contributed by atoms with Crippen molar-refractivity contribution in [1.29, 1.82) is 0 Å². The predicted molar refractivity (Wildman–Crippen MR) is 121 cm³/mol. The van der Waals surface area contributed by atoms with Gasteiger partial charge in [-0.15, -0.1) is 11.8 Å². The highest BCUT2D eigenvalue weighted by atomic mass is 79.9. The molecule has 3 rings (SSSR count). The minimum Gasteiger partial charge on any atom is -0.455 e. The molecule has 1 unspecified atom stereocenters. The first-order valence-electron chi connectivity index (χ1n) is 8.95. The minimum atomic E-state index is -0.458. The fraction of sp³-hybridized carbons (Fsp3) is 0.182. The lowest BCUT2D eigenvalue weighted by molar-refractivity contribution is -0.146. The van der Waals surface area contributed by atoms with Gasteiger partial charge < -0.3 is 10.1 Å². The topological polar surface area (TPSA) is 55.4 Å². The number of thioether (sulfide) groups is 1. The van der Waals surface area contributed by atoms with E-state index < -0.39 is 5.97 Å². The Bertz CT molecular complexity index is 1030. The number of halogens is 2. The molecule has 0 radical (unpaired) electrons. The summed E-state index contributed by atoms with van der Waals surface area (Å²) in [6, 6.07) is 18.9. The number of hydrogen-bond acceptors (Lipinski definition) is 4. The highest BCUT2D eigenvalue weighted by molar-refractivity contribution is 9.10. The van der Waals surface area contributed by atoms with Crippen LogP contribution in [0.2, 0.25) is 5.02 Å². The van der Waals surface area contributed by atoms with Gasteiger partial charge in [-0.1, -0.05) is 70.0 Å². The van der Waals surface area contributed by atoms with Crippen molar-refractivity contribution in [2.75, 3.05) is 12.4 Å². The Hall–Kier alpha value is -2.02. The van der Waals surface area contributed by atoms with Gasteiger partial charge in [0.1, 0.15) is 0 Å². The molecule has 1 amide bonds. The third-order valence-corrected chi connectivity index (χ3v) is 6.32. The van der Waals surface area contributed by atoms with E-state index in [0.29, 0.717) is 5.02 Å². The van der Waals surface area contributed by atoms with Gasteiger partial charge in [-0.25, -0.2) is 0 Å². The molecule has 7 heteroatoms. The van der Waals surface area contributed by atoms with Crippen LogP contribution in [0.3, 0.4) is 0 Å². The highest BCUT2D eigenvalue weighted by Gasteiger charge is 2.14. The van der Waals surface area contributed by atoms with Crippen LogP contribution in [0, 0.1) is 0 Å². The van der Waals surface area contributed by atoms with Crippen LogP contribution in [-0.4, -0.2) is 24.2 Å². The van der Waals surface area contributed by atoms with Crippen LogP contribution >= 0.6 is 39.3 Å². The average Bonchev–Trinajstić information content (AvgIpc) is 2.73. The molecule has 1 atom stereocenters. The van der Waals surface area contributed by atoms with E-state index in [-0.39, 0.29) is 24.3 Å². The van der Waals surface area contributed by atoms with E-state index in [1.165, 1.54) is 11.8 Å². The number of carbonyl (C=O) groups is 2. The highest BCUT2D eigenvalue weighted by Crippen LogP contribution is 2.37. The van der Waals surface area contributed by atoms with Crippen LogP contribution in [-0.2, 0) is 14.3 Å². The molecule has 0 aliphatic heterocycles. The third-order valence-electron chi connectivity index (χ3n) is 4.29. The molecule has 0 fully saturated rings. The second-order valence-corrected chi connectivity index (χ2v) is 8.64. The summed E-state index contributed by atoms with van der Waals surface area (Å²) >= 11 is 11.2. The van der Waals surface area contributed by atoms with Gasteiger partial charge in [0.2, 0.25) is 0 Å². The number of ether oxygens (including phenoxy) is 1. The van der Waals surface area contributed by atoms with E-state index >= 15 is 0 Å². The van der Waals surface area contributed by atoms with Gasteiger partial charge in [-0.2, -0.15) is 0 Å². The van der Waals surface area contributed by atoms with Crippen LogP contribution in [0.5, 0.6) is 0 Å². The van der Waals surface area contributed by atoms with Gasteiger partial charge in [0.05, 0.1) is 11.8 Å². The summed E-state index contributed by atoms with van der Waals surface area (Å²) in [5, 5.41) is 5.30. The normalized spacial score (nSPS) is 11.8. The Kier molecular flexibility index (Phi) is 7.58. The molecule has 0 spiro atoms. The van der Waals surface area contributed by atoms with E-state index in [1.54, 1.807) is 0 Å². The first-order chi connectivity index (χ1) is 14.0. The maximum absolute atomic E-state index is 12.1. The molecule has 3 aromatic rings. The van der Waals surface area contributed by atoms with Gasteiger partial charge >= 0.3 is 5.97 Å². The van der Waals surface area contributed by atoms with Crippen molar-refractivity contribution in [1.82, 2.24) is 5.32 Å². The van der Waals surface area contributed by atoms with Crippen LogP contribution in [0.15, 0.2) is 70.0 Å². The van der Waals surface area contributed by atoms with Gasteiger partial charge in [0.15, 0.2) is 6.61 Å². The molecule has 3 aromatic carbocycles. The van der Waals surface area contributed by atoms with Crippen LogP contribution < -0.4 is 5.32 Å². The summed E-state index contributed by atoms with van der Waals surface area (Å²) in [6.45, 7) is 1.58. The first-order valence-corrected chi connectivity index (χ1v) is 11.1. The largest absolute Gasteiger partial charge is 0.455 e. The molecule has 150 valence electrons. The molecule has 0 saturated carbocycles. The number of fused-ring (bicyclic) bond motifs is 1. The molecule has 0 aliphatic carbocycles. The van der Waals surface area contributed by atoms with E-state index in [1.807, 2.05) is 67.6 Å². The quantitative estimate of drug-likeness (QED) is 0.336. The van der Waals surface area contributed by atoms with Crippen molar-refractivity contribution in [2.45, 2.75) is 17.9 Å². The number of amides is 1. The SMILES string of the molecule is CC(NC(=O)COC(=O)CSc1ccc(Br)c2cccc(Cl)c12)c1ccccc1. The zero-order valence-corrected chi connectivity index (χ0v) is 18.8. The molecule has 4 nitrogen and oxygen atoms in total. The smallest absolute Gasteiger partial charge is 0.316 e. The fourth-order valence-corrected chi connectivity index (χ4v) is 4.53. The van der Waals surface area contributed by atoms with Gasteiger partial charge in [0.25, 0.3) is 5.91 Å². The molecule has 29 heavy (non-hydrogen) atoms. The predicted octanol–water partition coefficient (Wildman–Crippen LogP) is 5.77. The number of benzene rings is 3. The average molecular weight is 493 g/mol. The van der Waals surface area contributed by atoms with Gasteiger partial charge in [-0.3, -0.25) is 9.59 Å². The van der Waals surface area contributed by atoms with Crippen molar-refractivity contribution >= 4 is 61.9 Å². The Morgan fingerprint density at radius 2 is 1.86 bits per heavy atom. The lowest BCUT2D eigenvalue weighted by Crippen LogP contribution is -2.31. The molecule has 1 N–H and O–H groups in total. The second-order valence-electron chi connectivity index (χ2n) is 6.36. The van der Waals surface area contributed by atoms with Crippen LogP contribution in [0.4, 0.5) is 0 Å². The minimum absolute atomic E-state index is 0.0868. The maximum Gasteiger partial charge on any atom is 0.316 e. The fourth-order valence-electron chi connectivity index (χ4n) is 2.85. The Labute approximate surface area is 187 Å². The molecular formula is C22H19BrClNO3S. The van der Waals surface area contributed by atoms with Crippen molar-refractivity contribution < 1.29 is 14.3 Å². The van der Waals surface area contributed by atoms with Gasteiger partial charge in [-0.05, 0) is 36.1 Å². The first kappa shape index (κ1) is 21.7. The molecule has 0 heterocycles. The second kappa shape index (κ2) is 10.1. The zero-order valence-electron chi connectivity index (χ0n) is 15.7. The Morgan fingerprint density at radius 3 is 2.62 bits per heavy atom. The van der Waals surface area contributed by atoms with Crippen molar-refractivity contribution in [2.24, 2.45) is 0 Å².